The van der Waals surface area contributed by atoms with Crippen LogP contribution in [0.2, 0.25) is 0 Å². The SMILES string of the molecule is Cc1cc([C@@H]2CCCCN2)sc1C. The second-order valence-corrected chi connectivity index (χ2v) is 5.18. The van der Waals surface area contributed by atoms with Crippen LogP contribution in [0.3, 0.4) is 0 Å². The second kappa shape index (κ2) is 3.81. The molecule has 0 aromatic carbocycles. The maximum absolute atomic E-state index is 3.59. The van der Waals surface area contributed by atoms with Crippen molar-refractivity contribution in [1.29, 1.82) is 0 Å². The molecule has 1 N–H and O–H groups in total. The lowest BCUT2D eigenvalue weighted by molar-refractivity contribution is 0.417. The predicted octanol–water partition coefficient (Wildman–Crippen LogP) is 3.18. The number of piperidine rings is 1. The molecule has 0 saturated carbocycles. The van der Waals surface area contributed by atoms with E-state index < -0.39 is 0 Å². The molecule has 1 aliphatic rings. The van der Waals surface area contributed by atoms with Gasteiger partial charge in [0.25, 0.3) is 0 Å². The smallest absolute Gasteiger partial charge is 0.0415 e. The van der Waals surface area contributed by atoms with Crippen molar-refractivity contribution < 1.29 is 0 Å². The summed E-state index contributed by atoms with van der Waals surface area (Å²) in [5.74, 6) is 0. The van der Waals surface area contributed by atoms with Crippen molar-refractivity contribution in [2.75, 3.05) is 6.54 Å². The molecule has 2 heteroatoms. The summed E-state index contributed by atoms with van der Waals surface area (Å²) in [5.41, 5.74) is 1.45. The monoisotopic (exact) mass is 195 g/mol. The van der Waals surface area contributed by atoms with Gasteiger partial charge in [-0.2, -0.15) is 0 Å². The lowest BCUT2D eigenvalue weighted by Gasteiger charge is -2.22. The molecular formula is C11H17NS. The summed E-state index contributed by atoms with van der Waals surface area (Å²) in [4.78, 5) is 3.01. The van der Waals surface area contributed by atoms with E-state index >= 15 is 0 Å². The van der Waals surface area contributed by atoms with Crippen LogP contribution in [0.4, 0.5) is 0 Å². The van der Waals surface area contributed by atoms with Crippen LogP contribution in [0.25, 0.3) is 0 Å². The predicted molar refractivity (Wildman–Crippen MR) is 58.4 cm³/mol. The average molecular weight is 195 g/mol. The summed E-state index contributed by atoms with van der Waals surface area (Å²) in [7, 11) is 0. The summed E-state index contributed by atoms with van der Waals surface area (Å²) >= 11 is 1.96. The summed E-state index contributed by atoms with van der Waals surface area (Å²) in [6.07, 6.45) is 4.05. The van der Waals surface area contributed by atoms with Crippen LogP contribution >= 0.6 is 11.3 Å². The Morgan fingerprint density at radius 3 is 2.77 bits per heavy atom. The lowest BCUT2D eigenvalue weighted by Crippen LogP contribution is -2.25. The van der Waals surface area contributed by atoms with Gasteiger partial charge in [0.05, 0.1) is 0 Å². The fraction of sp³-hybridized carbons (Fsp3) is 0.636. The topological polar surface area (TPSA) is 12.0 Å². The van der Waals surface area contributed by atoms with Gasteiger partial charge in [-0.05, 0) is 44.9 Å². The van der Waals surface area contributed by atoms with E-state index in [0.29, 0.717) is 6.04 Å². The molecule has 1 aromatic heterocycles. The number of hydrogen-bond donors (Lipinski definition) is 1. The highest BCUT2D eigenvalue weighted by Crippen LogP contribution is 2.30. The van der Waals surface area contributed by atoms with Gasteiger partial charge in [-0.3, -0.25) is 0 Å². The molecule has 1 aromatic rings. The van der Waals surface area contributed by atoms with Gasteiger partial charge in [0.1, 0.15) is 0 Å². The molecule has 13 heavy (non-hydrogen) atoms. The molecule has 0 radical (unpaired) electrons. The van der Waals surface area contributed by atoms with E-state index in [2.05, 4.69) is 25.2 Å². The van der Waals surface area contributed by atoms with Gasteiger partial charge < -0.3 is 5.32 Å². The van der Waals surface area contributed by atoms with Crippen LogP contribution in [0.5, 0.6) is 0 Å². The molecule has 72 valence electrons. The van der Waals surface area contributed by atoms with Crippen LogP contribution in [-0.4, -0.2) is 6.54 Å². The maximum Gasteiger partial charge on any atom is 0.0415 e. The highest BCUT2D eigenvalue weighted by atomic mass is 32.1. The van der Waals surface area contributed by atoms with Gasteiger partial charge in [-0.1, -0.05) is 6.42 Å². The number of rotatable bonds is 1. The molecule has 2 heterocycles. The van der Waals surface area contributed by atoms with Crippen LogP contribution < -0.4 is 5.32 Å². The Morgan fingerprint density at radius 1 is 1.38 bits per heavy atom. The number of hydrogen-bond acceptors (Lipinski definition) is 2. The van der Waals surface area contributed by atoms with Crippen molar-refractivity contribution in [3.8, 4) is 0 Å². The quantitative estimate of drug-likeness (QED) is 0.725. The zero-order valence-corrected chi connectivity index (χ0v) is 9.21. The standard InChI is InChI=1S/C11H17NS/c1-8-7-11(13-9(8)2)10-5-3-4-6-12-10/h7,10,12H,3-6H2,1-2H3/t10-/m0/s1. The third-order valence-electron chi connectivity index (χ3n) is 2.84. The van der Waals surface area contributed by atoms with E-state index in [1.54, 1.807) is 0 Å². The first-order chi connectivity index (χ1) is 6.27. The molecule has 2 rings (SSSR count). The lowest BCUT2D eigenvalue weighted by atomic mass is 10.0. The van der Waals surface area contributed by atoms with Crippen molar-refractivity contribution in [2.24, 2.45) is 0 Å². The Kier molecular flexibility index (Phi) is 2.70. The zero-order chi connectivity index (χ0) is 9.26. The van der Waals surface area contributed by atoms with Gasteiger partial charge in [0.15, 0.2) is 0 Å². The third-order valence-corrected chi connectivity index (χ3v) is 4.11. The van der Waals surface area contributed by atoms with E-state index in [0.717, 1.165) is 0 Å². The number of aryl methyl sites for hydroxylation is 2. The number of thiophene rings is 1. The Bertz CT molecular complexity index is 265. The molecular weight excluding hydrogens is 178 g/mol. The molecule has 1 atom stereocenters. The van der Waals surface area contributed by atoms with Gasteiger partial charge in [0.2, 0.25) is 0 Å². The van der Waals surface area contributed by atoms with E-state index in [-0.39, 0.29) is 0 Å². The fourth-order valence-electron chi connectivity index (χ4n) is 1.87. The molecule has 0 unspecified atom stereocenters. The maximum atomic E-state index is 3.59. The highest BCUT2D eigenvalue weighted by Gasteiger charge is 2.16. The number of nitrogens with one attached hydrogen (secondary N) is 1. The summed E-state index contributed by atoms with van der Waals surface area (Å²) in [6.45, 7) is 5.62. The summed E-state index contributed by atoms with van der Waals surface area (Å²) in [6, 6.07) is 2.99. The van der Waals surface area contributed by atoms with Crippen molar-refractivity contribution in [3.05, 3.63) is 21.4 Å². The summed E-state index contributed by atoms with van der Waals surface area (Å²) in [5, 5.41) is 3.59. The molecule has 1 aliphatic heterocycles. The van der Waals surface area contributed by atoms with Crippen molar-refractivity contribution in [1.82, 2.24) is 5.32 Å². The highest BCUT2D eigenvalue weighted by molar-refractivity contribution is 7.12. The van der Waals surface area contributed by atoms with Gasteiger partial charge in [-0.15, -0.1) is 11.3 Å². The molecule has 0 amide bonds. The van der Waals surface area contributed by atoms with E-state index in [4.69, 9.17) is 0 Å². The van der Waals surface area contributed by atoms with Gasteiger partial charge in [0, 0.05) is 15.8 Å². The van der Waals surface area contributed by atoms with Crippen molar-refractivity contribution >= 4 is 11.3 Å². The van der Waals surface area contributed by atoms with Crippen LogP contribution in [-0.2, 0) is 0 Å². The summed E-state index contributed by atoms with van der Waals surface area (Å²) < 4.78 is 0. The minimum absolute atomic E-state index is 0.645. The molecule has 0 bridgehead atoms. The fourth-order valence-corrected chi connectivity index (χ4v) is 3.02. The van der Waals surface area contributed by atoms with E-state index in [9.17, 15) is 0 Å². The first-order valence-corrected chi connectivity index (χ1v) is 5.89. The molecule has 1 nitrogen and oxygen atoms in total. The normalized spacial score (nSPS) is 23.4. The van der Waals surface area contributed by atoms with E-state index in [1.165, 1.54) is 41.1 Å². The Balaban J connectivity index is 2.14. The zero-order valence-electron chi connectivity index (χ0n) is 8.39. The largest absolute Gasteiger partial charge is 0.309 e. The molecule has 0 spiro atoms. The Morgan fingerprint density at radius 2 is 2.23 bits per heavy atom. The van der Waals surface area contributed by atoms with Gasteiger partial charge in [-0.25, -0.2) is 0 Å². The van der Waals surface area contributed by atoms with Crippen LogP contribution in [0.1, 0.15) is 40.6 Å². The molecule has 1 saturated heterocycles. The minimum Gasteiger partial charge on any atom is -0.309 e. The first-order valence-electron chi connectivity index (χ1n) is 5.07. The molecule has 1 fully saturated rings. The van der Waals surface area contributed by atoms with Gasteiger partial charge >= 0.3 is 0 Å². The van der Waals surface area contributed by atoms with E-state index in [1.807, 2.05) is 11.3 Å². The first kappa shape index (κ1) is 9.22. The average Bonchev–Trinajstić information content (AvgIpc) is 2.49. The van der Waals surface area contributed by atoms with Crippen LogP contribution in [0, 0.1) is 13.8 Å². The van der Waals surface area contributed by atoms with Crippen molar-refractivity contribution in [3.63, 3.8) is 0 Å². The minimum atomic E-state index is 0.645. The third kappa shape index (κ3) is 1.94. The Labute approximate surface area is 84.2 Å². The molecule has 0 aliphatic carbocycles. The Hall–Kier alpha value is -0.340. The second-order valence-electron chi connectivity index (χ2n) is 3.89. The van der Waals surface area contributed by atoms with Crippen molar-refractivity contribution in [2.45, 2.75) is 39.2 Å². The van der Waals surface area contributed by atoms with Crippen LogP contribution in [0.15, 0.2) is 6.07 Å².